The molecule has 0 bridgehead atoms. The zero-order valence-electron chi connectivity index (χ0n) is 16.4. The standard InChI is InChI=1S/C20H25N3O4S/c1-14(2)21-19(24)13-23(4)20(25)16-9-11-17(12-10-16)28(26,27)22-18-8-6-5-7-15(18)3/h5-12,14,22H,13H2,1-4H3,(H,21,24). The van der Waals surface area contributed by atoms with E-state index in [1.807, 2.05) is 32.9 Å². The molecule has 0 fully saturated rings. The van der Waals surface area contributed by atoms with Crippen LogP contribution in [0.5, 0.6) is 0 Å². The van der Waals surface area contributed by atoms with Gasteiger partial charge in [-0.05, 0) is 56.7 Å². The minimum absolute atomic E-state index is 0.0127. The molecular formula is C20H25N3O4S. The monoisotopic (exact) mass is 403 g/mol. The van der Waals surface area contributed by atoms with Crippen LogP contribution in [0.4, 0.5) is 5.69 Å². The Morgan fingerprint density at radius 1 is 1.04 bits per heavy atom. The minimum Gasteiger partial charge on any atom is -0.352 e. The summed E-state index contributed by atoms with van der Waals surface area (Å²) in [6, 6.07) is 12.7. The van der Waals surface area contributed by atoms with Crippen LogP contribution in [0.15, 0.2) is 53.4 Å². The zero-order valence-corrected chi connectivity index (χ0v) is 17.2. The van der Waals surface area contributed by atoms with Gasteiger partial charge in [0.05, 0.1) is 17.1 Å². The fraction of sp³-hybridized carbons (Fsp3) is 0.300. The van der Waals surface area contributed by atoms with Crippen LogP contribution >= 0.6 is 0 Å². The highest BCUT2D eigenvalue weighted by Crippen LogP contribution is 2.20. The van der Waals surface area contributed by atoms with E-state index in [0.29, 0.717) is 11.3 Å². The molecule has 8 heteroatoms. The molecule has 0 radical (unpaired) electrons. The second kappa shape index (κ2) is 8.88. The van der Waals surface area contributed by atoms with Crippen LogP contribution < -0.4 is 10.0 Å². The van der Waals surface area contributed by atoms with E-state index < -0.39 is 10.0 Å². The molecule has 2 aromatic rings. The van der Waals surface area contributed by atoms with Crippen LogP contribution in [0, 0.1) is 6.92 Å². The van der Waals surface area contributed by atoms with Gasteiger partial charge < -0.3 is 10.2 Å². The van der Waals surface area contributed by atoms with Gasteiger partial charge in [0.1, 0.15) is 0 Å². The van der Waals surface area contributed by atoms with Crippen molar-refractivity contribution in [3.63, 3.8) is 0 Å². The molecule has 2 N–H and O–H groups in total. The van der Waals surface area contributed by atoms with Crippen molar-refractivity contribution >= 4 is 27.5 Å². The molecule has 0 spiro atoms. The quantitative estimate of drug-likeness (QED) is 0.742. The van der Waals surface area contributed by atoms with E-state index >= 15 is 0 Å². The third-order valence-electron chi connectivity index (χ3n) is 3.98. The molecule has 0 aromatic heterocycles. The molecule has 7 nitrogen and oxygen atoms in total. The fourth-order valence-electron chi connectivity index (χ4n) is 2.54. The fourth-order valence-corrected chi connectivity index (χ4v) is 3.67. The Bertz CT molecular complexity index is 954. The SMILES string of the molecule is Cc1ccccc1NS(=O)(=O)c1ccc(C(=O)N(C)CC(=O)NC(C)C)cc1. The third kappa shape index (κ3) is 5.56. The number of aryl methyl sites for hydroxylation is 1. The number of benzene rings is 2. The summed E-state index contributed by atoms with van der Waals surface area (Å²) in [6.07, 6.45) is 0. The highest BCUT2D eigenvalue weighted by Gasteiger charge is 2.18. The molecule has 0 atom stereocenters. The van der Waals surface area contributed by atoms with Gasteiger partial charge in [-0.25, -0.2) is 8.42 Å². The van der Waals surface area contributed by atoms with Crippen molar-refractivity contribution in [1.29, 1.82) is 0 Å². The van der Waals surface area contributed by atoms with Crippen LogP contribution in [0.2, 0.25) is 0 Å². The van der Waals surface area contributed by atoms with Gasteiger partial charge >= 0.3 is 0 Å². The molecule has 0 aliphatic rings. The first-order chi connectivity index (χ1) is 13.1. The second-order valence-corrected chi connectivity index (χ2v) is 8.51. The zero-order chi connectivity index (χ0) is 20.9. The predicted molar refractivity (Wildman–Crippen MR) is 109 cm³/mol. The first-order valence-corrected chi connectivity index (χ1v) is 10.3. The molecule has 0 unspecified atom stereocenters. The van der Waals surface area contributed by atoms with Crippen molar-refractivity contribution in [2.45, 2.75) is 31.7 Å². The van der Waals surface area contributed by atoms with Gasteiger partial charge in [0.25, 0.3) is 15.9 Å². The minimum atomic E-state index is -3.77. The van der Waals surface area contributed by atoms with Crippen LogP contribution in [-0.4, -0.2) is 44.8 Å². The molecule has 2 rings (SSSR count). The summed E-state index contributed by atoms with van der Waals surface area (Å²) in [5.41, 5.74) is 1.60. The van der Waals surface area contributed by atoms with Gasteiger partial charge in [0.15, 0.2) is 0 Å². The number of nitrogens with zero attached hydrogens (tertiary/aromatic N) is 1. The summed E-state index contributed by atoms with van der Waals surface area (Å²) >= 11 is 0. The van der Waals surface area contributed by atoms with Crippen molar-refractivity contribution in [3.05, 3.63) is 59.7 Å². The lowest BCUT2D eigenvalue weighted by molar-refractivity contribution is -0.122. The molecule has 28 heavy (non-hydrogen) atoms. The number of carbonyl (C=O) groups excluding carboxylic acids is 2. The topological polar surface area (TPSA) is 95.6 Å². The number of nitrogens with one attached hydrogen (secondary N) is 2. The largest absolute Gasteiger partial charge is 0.352 e. The number of hydrogen-bond donors (Lipinski definition) is 2. The number of carbonyl (C=O) groups is 2. The van der Waals surface area contributed by atoms with Crippen LogP contribution in [-0.2, 0) is 14.8 Å². The number of rotatable bonds is 7. The van der Waals surface area contributed by atoms with Gasteiger partial charge in [0.2, 0.25) is 5.91 Å². The Hall–Kier alpha value is -2.87. The molecule has 0 heterocycles. The lowest BCUT2D eigenvalue weighted by Crippen LogP contribution is -2.40. The number of likely N-dealkylation sites (N-methyl/N-ethyl adjacent to an activating group) is 1. The van der Waals surface area contributed by atoms with E-state index in [9.17, 15) is 18.0 Å². The second-order valence-electron chi connectivity index (χ2n) is 6.83. The molecular weight excluding hydrogens is 378 g/mol. The van der Waals surface area contributed by atoms with Crippen molar-refractivity contribution in [2.24, 2.45) is 0 Å². The number of amides is 2. The average molecular weight is 404 g/mol. The van der Waals surface area contributed by atoms with Crippen molar-refractivity contribution in [2.75, 3.05) is 18.3 Å². The van der Waals surface area contributed by atoms with E-state index in [4.69, 9.17) is 0 Å². The maximum Gasteiger partial charge on any atom is 0.261 e. The number of sulfonamides is 1. The van der Waals surface area contributed by atoms with E-state index in [0.717, 1.165) is 5.56 Å². The average Bonchev–Trinajstić information content (AvgIpc) is 2.62. The molecule has 0 aliphatic carbocycles. The van der Waals surface area contributed by atoms with E-state index in [1.54, 1.807) is 12.1 Å². The number of anilines is 1. The summed E-state index contributed by atoms with van der Waals surface area (Å²) in [5.74, 6) is -0.623. The summed E-state index contributed by atoms with van der Waals surface area (Å²) in [4.78, 5) is 25.6. The van der Waals surface area contributed by atoms with Gasteiger partial charge in [-0.2, -0.15) is 0 Å². The Morgan fingerprint density at radius 3 is 2.21 bits per heavy atom. The van der Waals surface area contributed by atoms with Crippen molar-refractivity contribution < 1.29 is 18.0 Å². The number of hydrogen-bond acceptors (Lipinski definition) is 4. The van der Waals surface area contributed by atoms with Gasteiger partial charge in [0, 0.05) is 18.7 Å². The highest BCUT2D eigenvalue weighted by molar-refractivity contribution is 7.92. The van der Waals surface area contributed by atoms with Gasteiger partial charge in [-0.1, -0.05) is 18.2 Å². The van der Waals surface area contributed by atoms with E-state index in [2.05, 4.69) is 10.0 Å². The van der Waals surface area contributed by atoms with Crippen molar-refractivity contribution in [3.8, 4) is 0 Å². The molecule has 2 aromatic carbocycles. The predicted octanol–water partition coefficient (Wildman–Crippen LogP) is 2.39. The lowest BCUT2D eigenvalue weighted by atomic mass is 10.2. The van der Waals surface area contributed by atoms with Crippen LogP contribution in [0.1, 0.15) is 29.8 Å². The van der Waals surface area contributed by atoms with E-state index in [-0.39, 0.29) is 29.3 Å². The smallest absolute Gasteiger partial charge is 0.261 e. The maximum absolute atomic E-state index is 12.6. The lowest BCUT2D eigenvalue weighted by Gasteiger charge is -2.18. The molecule has 0 saturated carbocycles. The van der Waals surface area contributed by atoms with Crippen molar-refractivity contribution in [1.82, 2.24) is 10.2 Å². The Morgan fingerprint density at radius 2 is 1.64 bits per heavy atom. The summed E-state index contributed by atoms with van der Waals surface area (Å²) < 4.78 is 27.7. The van der Waals surface area contributed by atoms with Crippen LogP contribution in [0.25, 0.3) is 0 Å². The normalized spacial score (nSPS) is 11.2. The molecule has 2 amide bonds. The summed E-state index contributed by atoms with van der Waals surface area (Å²) in [7, 11) is -2.25. The Balaban J connectivity index is 2.10. The number of para-hydroxylation sites is 1. The first-order valence-electron chi connectivity index (χ1n) is 8.83. The van der Waals surface area contributed by atoms with Gasteiger partial charge in [-0.15, -0.1) is 0 Å². The van der Waals surface area contributed by atoms with Crippen LogP contribution in [0.3, 0.4) is 0 Å². The Kier molecular flexibility index (Phi) is 6.80. The first kappa shape index (κ1) is 21.4. The molecule has 0 saturated heterocycles. The van der Waals surface area contributed by atoms with E-state index in [1.165, 1.54) is 36.2 Å². The maximum atomic E-state index is 12.6. The van der Waals surface area contributed by atoms with Gasteiger partial charge in [-0.3, -0.25) is 14.3 Å². The molecule has 0 aliphatic heterocycles. The summed E-state index contributed by atoms with van der Waals surface area (Å²) in [5, 5.41) is 2.72. The third-order valence-corrected chi connectivity index (χ3v) is 5.36. The Labute approximate surface area is 165 Å². The summed E-state index contributed by atoms with van der Waals surface area (Å²) in [6.45, 7) is 5.41. The highest BCUT2D eigenvalue weighted by atomic mass is 32.2. The molecule has 150 valence electrons.